The summed E-state index contributed by atoms with van der Waals surface area (Å²) in [6.07, 6.45) is 12.5. The molecule has 3 aliphatic rings. The molecule has 5 nitrogen and oxygen atoms in total. The van der Waals surface area contributed by atoms with Crippen molar-refractivity contribution in [2.45, 2.75) is 50.8 Å². The smallest absolute Gasteiger partial charge is 0.303 e. The molecule has 3 aliphatic carbocycles. The van der Waals surface area contributed by atoms with Gasteiger partial charge in [-0.1, -0.05) is 35.9 Å². The maximum absolute atomic E-state index is 13.1. The van der Waals surface area contributed by atoms with Gasteiger partial charge in [-0.25, -0.2) is 13.1 Å². The normalized spacial score (nSPS) is 25.8. The van der Waals surface area contributed by atoms with E-state index >= 15 is 0 Å². The fourth-order valence-electron chi connectivity index (χ4n) is 4.94. The highest BCUT2D eigenvalue weighted by atomic mass is 35.5. The molecule has 4 unspecified atom stereocenters. The van der Waals surface area contributed by atoms with Gasteiger partial charge in [-0.15, -0.1) is 0 Å². The molecule has 2 N–H and O–H groups in total. The Hall–Kier alpha value is -1.63. The summed E-state index contributed by atoms with van der Waals surface area (Å²) in [4.78, 5) is 11.0. The fraction of sp³-hybridized carbons (Fsp3) is 0.522. The number of hydrogen-bond donors (Lipinski definition) is 2. The molecule has 164 valence electrons. The lowest BCUT2D eigenvalue weighted by atomic mass is 9.62. The Bertz CT molecular complexity index is 931. The molecule has 0 spiro atoms. The maximum atomic E-state index is 13.1. The van der Waals surface area contributed by atoms with Crippen molar-refractivity contribution in [2.24, 2.45) is 23.7 Å². The predicted octanol–water partition coefficient (Wildman–Crippen LogP) is 4.87. The Labute approximate surface area is 184 Å². The van der Waals surface area contributed by atoms with Crippen LogP contribution in [0, 0.1) is 37.5 Å². The third kappa shape index (κ3) is 5.34. The first-order valence-corrected chi connectivity index (χ1v) is 12.4. The minimum absolute atomic E-state index is 0.171. The summed E-state index contributed by atoms with van der Waals surface area (Å²) in [6, 6.07) is 3.36. The van der Waals surface area contributed by atoms with Crippen LogP contribution in [0.3, 0.4) is 0 Å². The number of carboxylic acids is 1. The Morgan fingerprint density at radius 3 is 2.43 bits per heavy atom. The zero-order chi connectivity index (χ0) is 21.9. The number of aryl methyl sites for hydroxylation is 2. The molecule has 1 fully saturated rings. The van der Waals surface area contributed by atoms with Gasteiger partial charge in [0.25, 0.3) is 0 Å². The lowest BCUT2D eigenvalue weighted by Crippen LogP contribution is -2.43. The van der Waals surface area contributed by atoms with Gasteiger partial charge < -0.3 is 5.11 Å². The van der Waals surface area contributed by atoms with Crippen molar-refractivity contribution in [3.05, 3.63) is 52.6 Å². The summed E-state index contributed by atoms with van der Waals surface area (Å²) in [5, 5.41) is 9.31. The molecular formula is C23H30ClNO4S. The van der Waals surface area contributed by atoms with Crippen molar-refractivity contribution < 1.29 is 18.3 Å². The lowest BCUT2D eigenvalue weighted by Gasteiger charge is -2.44. The first-order chi connectivity index (χ1) is 14.2. The number of benzene rings is 1. The molecule has 7 heteroatoms. The van der Waals surface area contributed by atoms with Crippen LogP contribution < -0.4 is 4.72 Å². The van der Waals surface area contributed by atoms with Gasteiger partial charge in [-0.05, 0) is 86.5 Å². The number of sulfonamides is 1. The van der Waals surface area contributed by atoms with Crippen LogP contribution in [0.1, 0.15) is 43.2 Å². The van der Waals surface area contributed by atoms with Crippen LogP contribution in [0.2, 0.25) is 5.02 Å². The quantitative estimate of drug-likeness (QED) is 0.414. The molecule has 1 aromatic carbocycles. The summed E-state index contributed by atoms with van der Waals surface area (Å²) in [7, 11) is -3.64. The molecule has 1 aromatic rings. The molecule has 0 aromatic heterocycles. The number of aliphatic carboxylic acids is 1. The number of unbranched alkanes of at least 4 members (excludes halogenated alkanes) is 1. The molecule has 30 heavy (non-hydrogen) atoms. The summed E-state index contributed by atoms with van der Waals surface area (Å²) >= 11 is 6.06. The van der Waals surface area contributed by atoms with Crippen molar-refractivity contribution in [1.82, 2.24) is 4.72 Å². The van der Waals surface area contributed by atoms with Gasteiger partial charge in [0.05, 0.1) is 4.90 Å². The molecular weight excluding hydrogens is 422 g/mol. The topological polar surface area (TPSA) is 83.5 Å². The van der Waals surface area contributed by atoms with E-state index in [1.807, 2.05) is 0 Å². The second-order valence-electron chi connectivity index (χ2n) is 8.47. The number of carbonyl (C=O) groups is 1. The number of halogens is 1. The average Bonchev–Trinajstić information content (AvgIpc) is 2.66. The van der Waals surface area contributed by atoms with Crippen molar-refractivity contribution in [3.63, 3.8) is 0 Å². The van der Waals surface area contributed by atoms with E-state index in [4.69, 9.17) is 16.7 Å². The first kappa shape index (κ1) is 23.0. The largest absolute Gasteiger partial charge is 0.481 e. The van der Waals surface area contributed by atoms with Crippen molar-refractivity contribution >= 4 is 27.6 Å². The van der Waals surface area contributed by atoms with Crippen LogP contribution in [0.25, 0.3) is 0 Å². The highest BCUT2D eigenvalue weighted by molar-refractivity contribution is 7.89. The zero-order valence-corrected chi connectivity index (χ0v) is 19.0. The molecule has 0 aliphatic heterocycles. The van der Waals surface area contributed by atoms with E-state index in [9.17, 15) is 13.2 Å². The van der Waals surface area contributed by atoms with Crippen LogP contribution in [-0.4, -0.2) is 26.0 Å². The first-order valence-electron chi connectivity index (χ1n) is 10.5. The van der Waals surface area contributed by atoms with E-state index in [-0.39, 0.29) is 18.3 Å². The van der Waals surface area contributed by atoms with E-state index in [0.29, 0.717) is 45.8 Å². The Morgan fingerprint density at radius 1 is 1.20 bits per heavy atom. The third-order valence-electron chi connectivity index (χ3n) is 6.30. The monoisotopic (exact) mass is 451 g/mol. The number of allylic oxidation sites excluding steroid dienone is 4. The van der Waals surface area contributed by atoms with Crippen molar-refractivity contribution in [1.29, 1.82) is 0 Å². The highest BCUT2D eigenvalue weighted by Crippen LogP contribution is 2.45. The van der Waals surface area contributed by atoms with Gasteiger partial charge in [0.1, 0.15) is 0 Å². The summed E-state index contributed by atoms with van der Waals surface area (Å²) in [5.74, 6) is 0.474. The van der Waals surface area contributed by atoms with Crippen LogP contribution in [0.5, 0.6) is 0 Å². The van der Waals surface area contributed by atoms with Crippen LogP contribution in [-0.2, 0) is 14.8 Å². The summed E-state index contributed by atoms with van der Waals surface area (Å²) in [5.41, 5.74) is 1.29. The van der Waals surface area contributed by atoms with Gasteiger partial charge >= 0.3 is 5.97 Å². The third-order valence-corrected chi connectivity index (χ3v) is 8.25. The van der Waals surface area contributed by atoms with Gasteiger partial charge in [-0.3, -0.25) is 4.79 Å². The number of hydrogen-bond acceptors (Lipinski definition) is 3. The van der Waals surface area contributed by atoms with Crippen LogP contribution in [0.4, 0.5) is 0 Å². The van der Waals surface area contributed by atoms with Gasteiger partial charge in [-0.2, -0.15) is 0 Å². The second-order valence-corrected chi connectivity index (χ2v) is 10.6. The molecule has 2 bridgehead atoms. The molecule has 4 atom stereocenters. The van der Waals surface area contributed by atoms with Crippen LogP contribution >= 0.6 is 11.6 Å². The number of nitrogens with one attached hydrogen (secondary N) is 1. The number of fused-ring (bicyclic) bond motifs is 2. The summed E-state index contributed by atoms with van der Waals surface area (Å²) in [6.45, 7) is 3.92. The lowest BCUT2D eigenvalue weighted by molar-refractivity contribution is -0.137. The Morgan fingerprint density at radius 2 is 1.83 bits per heavy atom. The van der Waals surface area contributed by atoms with Gasteiger partial charge in [0.15, 0.2) is 0 Å². The van der Waals surface area contributed by atoms with E-state index in [1.54, 1.807) is 26.0 Å². The van der Waals surface area contributed by atoms with E-state index in [2.05, 4.69) is 29.0 Å². The Balaban J connectivity index is 1.71. The number of carboxylic acid groups (broad SMARTS) is 1. The minimum atomic E-state index is -3.64. The Kier molecular flexibility index (Phi) is 7.43. The van der Waals surface area contributed by atoms with Crippen molar-refractivity contribution in [2.75, 3.05) is 6.54 Å². The van der Waals surface area contributed by atoms with Gasteiger partial charge in [0.2, 0.25) is 10.0 Å². The number of rotatable bonds is 9. The molecule has 0 amide bonds. The zero-order valence-electron chi connectivity index (χ0n) is 17.5. The maximum Gasteiger partial charge on any atom is 0.303 e. The molecule has 0 radical (unpaired) electrons. The second kappa shape index (κ2) is 9.67. The molecule has 0 saturated heterocycles. The van der Waals surface area contributed by atoms with E-state index < -0.39 is 16.0 Å². The van der Waals surface area contributed by atoms with Crippen molar-refractivity contribution in [3.8, 4) is 0 Å². The van der Waals surface area contributed by atoms with E-state index in [0.717, 1.165) is 19.3 Å². The molecule has 0 heterocycles. The predicted molar refractivity (Wildman–Crippen MR) is 119 cm³/mol. The standard InChI is InChI=1S/C23H30ClNO4S/c1-15-12-19(24)13-16(2)23(15)30(28,29)25-14-21-18-10-8-17(9-11-18)20(21)6-4-3-5-7-22(26)27/h4,6,8,10,12-13,17-18,20-21,25H,3,5,7,9,11,14H2,1-2H3,(H,26,27)/b6-4-. The highest BCUT2D eigenvalue weighted by Gasteiger charge is 2.39. The van der Waals surface area contributed by atoms with Gasteiger partial charge in [0, 0.05) is 18.0 Å². The fourth-order valence-corrected chi connectivity index (χ4v) is 6.79. The molecule has 1 saturated carbocycles. The van der Waals surface area contributed by atoms with E-state index in [1.165, 1.54) is 0 Å². The summed E-state index contributed by atoms with van der Waals surface area (Å²) < 4.78 is 29.0. The van der Waals surface area contributed by atoms with Crippen LogP contribution in [0.15, 0.2) is 41.3 Å². The average molecular weight is 452 g/mol. The molecule has 4 rings (SSSR count). The minimum Gasteiger partial charge on any atom is -0.481 e. The SMILES string of the molecule is Cc1cc(Cl)cc(C)c1S(=O)(=O)NCC1C2C=CC(CC2)C1/C=C\CCCC(=O)O.